The predicted molar refractivity (Wildman–Crippen MR) is 87.2 cm³/mol. The summed E-state index contributed by atoms with van der Waals surface area (Å²) >= 11 is 8.15. The van der Waals surface area contributed by atoms with Gasteiger partial charge in [-0.25, -0.2) is 4.79 Å². The third-order valence-corrected chi connectivity index (χ3v) is 3.36. The summed E-state index contributed by atoms with van der Waals surface area (Å²) in [6, 6.07) is 4.76. The summed E-state index contributed by atoms with van der Waals surface area (Å²) in [5.41, 5.74) is 0.469. The van der Waals surface area contributed by atoms with Crippen LogP contribution in [-0.2, 0) is 4.79 Å². The molecule has 1 aromatic carbocycles. The number of carboxylic acid groups (broad SMARTS) is 1. The van der Waals surface area contributed by atoms with Gasteiger partial charge in [0, 0.05) is 10.1 Å². The van der Waals surface area contributed by atoms with Crippen LogP contribution in [0.5, 0.6) is 0 Å². The Kier molecular flexibility index (Phi) is 6.54. The molecule has 2 amide bonds. The molecule has 0 saturated heterocycles. The van der Waals surface area contributed by atoms with Gasteiger partial charge in [0.2, 0.25) is 0 Å². The number of carboxylic acids is 1. The van der Waals surface area contributed by atoms with Crippen molar-refractivity contribution in [1.82, 2.24) is 4.90 Å². The number of aliphatic carboxylic acids is 1. The second-order valence-corrected chi connectivity index (χ2v) is 6.38. The van der Waals surface area contributed by atoms with Crippen LogP contribution in [0.3, 0.4) is 0 Å². The molecule has 0 aliphatic carbocycles. The number of benzene rings is 1. The standard InChI is InChI=1S/C13H16ClIN2O3/c1-8(2)6-17(7-12(18)19)13(20)16-11-4-3-9(15)5-10(11)14/h3-5,8H,6-7H2,1-2H3,(H,16,20)(H,18,19). The van der Waals surface area contributed by atoms with Crippen LogP contribution in [0.25, 0.3) is 0 Å². The van der Waals surface area contributed by atoms with Crippen molar-refractivity contribution in [3.8, 4) is 0 Å². The monoisotopic (exact) mass is 410 g/mol. The van der Waals surface area contributed by atoms with Crippen LogP contribution in [0.2, 0.25) is 5.02 Å². The molecule has 0 fully saturated rings. The van der Waals surface area contributed by atoms with Crippen LogP contribution in [0.15, 0.2) is 18.2 Å². The zero-order valence-corrected chi connectivity index (χ0v) is 14.1. The molecular formula is C13H16ClIN2O3. The zero-order valence-electron chi connectivity index (χ0n) is 11.2. The normalized spacial score (nSPS) is 10.4. The largest absolute Gasteiger partial charge is 0.480 e. The number of anilines is 1. The highest BCUT2D eigenvalue weighted by Gasteiger charge is 2.18. The average Bonchev–Trinajstić information content (AvgIpc) is 2.30. The van der Waals surface area contributed by atoms with Crippen molar-refractivity contribution >= 4 is 51.9 Å². The van der Waals surface area contributed by atoms with Gasteiger partial charge in [0.1, 0.15) is 6.54 Å². The van der Waals surface area contributed by atoms with Gasteiger partial charge in [0.05, 0.1) is 10.7 Å². The molecule has 110 valence electrons. The van der Waals surface area contributed by atoms with Gasteiger partial charge in [-0.15, -0.1) is 0 Å². The number of nitrogens with one attached hydrogen (secondary N) is 1. The van der Waals surface area contributed by atoms with Crippen molar-refractivity contribution in [3.05, 3.63) is 26.8 Å². The fraction of sp³-hybridized carbons (Fsp3) is 0.385. The Bertz CT molecular complexity index is 508. The lowest BCUT2D eigenvalue weighted by atomic mass is 10.2. The Morgan fingerprint density at radius 1 is 1.45 bits per heavy atom. The molecule has 5 nitrogen and oxygen atoms in total. The lowest BCUT2D eigenvalue weighted by molar-refractivity contribution is -0.137. The maximum absolute atomic E-state index is 12.1. The molecule has 0 saturated carbocycles. The van der Waals surface area contributed by atoms with E-state index < -0.39 is 12.0 Å². The van der Waals surface area contributed by atoms with E-state index in [0.717, 1.165) is 3.57 Å². The lowest BCUT2D eigenvalue weighted by Gasteiger charge is -2.23. The van der Waals surface area contributed by atoms with Crippen LogP contribution in [0.4, 0.5) is 10.5 Å². The number of hydrogen-bond acceptors (Lipinski definition) is 2. The first-order valence-electron chi connectivity index (χ1n) is 6.02. The first-order valence-corrected chi connectivity index (χ1v) is 7.48. The zero-order chi connectivity index (χ0) is 15.3. The van der Waals surface area contributed by atoms with Crippen molar-refractivity contribution in [2.45, 2.75) is 13.8 Å². The highest BCUT2D eigenvalue weighted by molar-refractivity contribution is 14.1. The molecule has 0 heterocycles. The Hall–Kier alpha value is -1.02. The fourth-order valence-electron chi connectivity index (χ4n) is 1.61. The number of halogens is 2. The molecule has 7 heteroatoms. The van der Waals surface area contributed by atoms with Crippen molar-refractivity contribution < 1.29 is 14.7 Å². The molecule has 0 radical (unpaired) electrons. The molecule has 0 aliphatic heterocycles. The van der Waals surface area contributed by atoms with Crippen LogP contribution in [-0.4, -0.2) is 35.1 Å². The lowest BCUT2D eigenvalue weighted by Crippen LogP contribution is -2.41. The number of carbonyl (C=O) groups is 2. The van der Waals surface area contributed by atoms with E-state index in [1.807, 2.05) is 19.9 Å². The number of hydrogen-bond donors (Lipinski definition) is 2. The van der Waals surface area contributed by atoms with Crippen LogP contribution in [0.1, 0.15) is 13.8 Å². The molecule has 0 aromatic heterocycles. The number of carbonyl (C=O) groups excluding carboxylic acids is 1. The Balaban J connectivity index is 2.81. The van der Waals surface area contributed by atoms with E-state index in [2.05, 4.69) is 27.9 Å². The summed E-state index contributed by atoms with van der Waals surface area (Å²) in [5, 5.41) is 11.9. The average molecular weight is 411 g/mol. The highest BCUT2D eigenvalue weighted by atomic mass is 127. The van der Waals surface area contributed by atoms with E-state index in [9.17, 15) is 9.59 Å². The van der Waals surface area contributed by atoms with Gasteiger partial charge in [-0.3, -0.25) is 4.79 Å². The van der Waals surface area contributed by atoms with E-state index in [-0.39, 0.29) is 12.5 Å². The number of amides is 2. The van der Waals surface area contributed by atoms with Crippen LogP contribution < -0.4 is 5.32 Å². The van der Waals surface area contributed by atoms with Crippen molar-refractivity contribution in [1.29, 1.82) is 0 Å². The van der Waals surface area contributed by atoms with Crippen molar-refractivity contribution in [2.75, 3.05) is 18.4 Å². The van der Waals surface area contributed by atoms with Crippen LogP contribution >= 0.6 is 34.2 Å². The smallest absolute Gasteiger partial charge is 0.323 e. The molecule has 20 heavy (non-hydrogen) atoms. The molecule has 0 atom stereocenters. The fourth-order valence-corrected chi connectivity index (χ4v) is 2.51. The van der Waals surface area contributed by atoms with Crippen molar-refractivity contribution in [3.63, 3.8) is 0 Å². The van der Waals surface area contributed by atoms with Gasteiger partial charge in [0.25, 0.3) is 0 Å². The third kappa shape index (κ3) is 5.54. The molecule has 2 N–H and O–H groups in total. The number of nitrogens with zero attached hydrogens (tertiary/aromatic N) is 1. The molecule has 1 aromatic rings. The summed E-state index contributed by atoms with van der Waals surface area (Å²) in [5.74, 6) is -0.873. The van der Waals surface area contributed by atoms with Gasteiger partial charge in [0.15, 0.2) is 0 Å². The molecule has 0 aliphatic rings. The second-order valence-electron chi connectivity index (χ2n) is 4.72. The Morgan fingerprint density at radius 2 is 2.10 bits per heavy atom. The third-order valence-electron chi connectivity index (χ3n) is 2.37. The minimum atomic E-state index is -1.05. The van der Waals surface area contributed by atoms with Crippen LogP contribution in [0, 0.1) is 9.49 Å². The summed E-state index contributed by atoms with van der Waals surface area (Å²) in [7, 11) is 0. The topological polar surface area (TPSA) is 69.6 Å². The van der Waals surface area contributed by atoms with Gasteiger partial charge in [-0.05, 0) is 46.7 Å². The summed E-state index contributed by atoms with van der Waals surface area (Å²) in [6.07, 6.45) is 0. The molecule has 0 spiro atoms. The quantitative estimate of drug-likeness (QED) is 0.730. The number of rotatable bonds is 5. The van der Waals surface area contributed by atoms with Gasteiger partial charge >= 0.3 is 12.0 Å². The highest BCUT2D eigenvalue weighted by Crippen LogP contribution is 2.24. The van der Waals surface area contributed by atoms with Gasteiger partial charge < -0.3 is 15.3 Å². The predicted octanol–water partition coefficient (Wildman–Crippen LogP) is 3.52. The second kappa shape index (κ2) is 7.68. The minimum absolute atomic E-state index is 0.173. The maximum atomic E-state index is 12.1. The summed E-state index contributed by atoms with van der Waals surface area (Å²) in [6.45, 7) is 3.85. The molecule has 0 bridgehead atoms. The van der Waals surface area contributed by atoms with Gasteiger partial charge in [-0.1, -0.05) is 25.4 Å². The van der Waals surface area contributed by atoms with E-state index >= 15 is 0 Å². The molecule has 1 rings (SSSR count). The SMILES string of the molecule is CC(C)CN(CC(=O)O)C(=O)Nc1ccc(I)cc1Cl. The first-order chi connectivity index (χ1) is 9.29. The van der Waals surface area contributed by atoms with Gasteiger partial charge in [-0.2, -0.15) is 0 Å². The number of urea groups is 1. The summed E-state index contributed by atoms with van der Waals surface area (Å²) < 4.78 is 0.954. The van der Waals surface area contributed by atoms with E-state index in [1.54, 1.807) is 12.1 Å². The van der Waals surface area contributed by atoms with E-state index in [4.69, 9.17) is 16.7 Å². The molecule has 0 unspecified atom stereocenters. The Morgan fingerprint density at radius 3 is 2.60 bits per heavy atom. The summed E-state index contributed by atoms with van der Waals surface area (Å²) in [4.78, 5) is 24.2. The van der Waals surface area contributed by atoms with E-state index in [1.165, 1.54) is 4.90 Å². The molecular weight excluding hydrogens is 395 g/mol. The van der Waals surface area contributed by atoms with E-state index in [0.29, 0.717) is 17.3 Å². The van der Waals surface area contributed by atoms with Crippen molar-refractivity contribution in [2.24, 2.45) is 5.92 Å². The Labute approximate surface area is 136 Å². The first kappa shape index (κ1) is 17.0. The maximum Gasteiger partial charge on any atom is 0.323 e. The minimum Gasteiger partial charge on any atom is -0.480 e.